The first-order valence-corrected chi connectivity index (χ1v) is 26.7. The quantitative estimate of drug-likeness (QED) is 0.0213. The predicted molar refractivity (Wildman–Crippen MR) is 272 cm³/mol. The number of aliphatic hydroxyl groups is 8. The molecule has 0 aromatic rings. The molecule has 0 radical (unpaired) electrons. The van der Waals surface area contributed by atoms with Crippen LogP contribution in [0.15, 0.2) is 72.9 Å². The zero-order chi connectivity index (χ0) is 50.3. The van der Waals surface area contributed by atoms with Crippen molar-refractivity contribution in [2.24, 2.45) is 0 Å². The molecule has 2 fully saturated rings. The number of hydrogen-bond acceptors (Lipinski definition) is 13. The Morgan fingerprint density at radius 3 is 1.51 bits per heavy atom. The van der Waals surface area contributed by atoms with E-state index in [1.54, 1.807) is 0 Å². The van der Waals surface area contributed by atoms with Crippen LogP contribution in [0.4, 0.5) is 0 Å². The van der Waals surface area contributed by atoms with Crippen molar-refractivity contribution in [2.45, 2.75) is 248 Å². The summed E-state index contributed by atoms with van der Waals surface area (Å²) in [5.41, 5.74) is 0. The summed E-state index contributed by atoms with van der Waals surface area (Å²) >= 11 is 0. The minimum absolute atomic E-state index is 0.246. The lowest BCUT2D eigenvalue weighted by Crippen LogP contribution is -2.65. The van der Waals surface area contributed by atoms with Crippen LogP contribution in [0.2, 0.25) is 0 Å². The van der Waals surface area contributed by atoms with Gasteiger partial charge in [0.15, 0.2) is 12.6 Å². The van der Waals surface area contributed by atoms with Gasteiger partial charge >= 0.3 is 0 Å². The Kier molecular flexibility index (Phi) is 37.1. The fourth-order valence-corrected chi connectivity index (χ4v) is 8.36. The van der Waals surface area contributed by atoms with Gasteiger partial charge in [0.2, 0.25) is 5.91 Å². The molecule has 0 aromatic heterocycles. The Bertz CT molecular complexity index is 1430. The molecule has 12 atom stereocenters. The van der Waals surface area contributed by atoms with E-state index in [2.05, 4.69) is 92.1 Å². The number of allylic oxidation sites excluding steroid dienone is 12. The van der Waals surface area contributed by atoms with Crippen LogP contribution in [0.1, 0.15) is 174 Å². The number of aliphatic hydroxyl groups excluding tert-OH is 8. The number of carbonyl (C=O) groups excluding carboxylic acids is 1. The molecule has 9 N–H and O–H groups in total. The standard InChI is InChI=1S/C55H95NO13/c1-3-5-7-9-11-13-15-17-19-20-21-22-23-24-25-27-29-31-33-35-37-39-47(60)56-43(44(59)38-36-34-32-30-28-26-18-16-14-12-10-8-6-4-2)42-66-54-52(65)50(63)53(46(41-58)68-54)69-55-51(64)49(62)48(61)45(40-57)67-55/h5,7,11,13,17,19,21-22,24-25,29,31,43-46,48-55,57-59,61-65H,3-4,6,8-10,12,14-16,18,20,23,26-28,30,32-42H2,1-2H3,(H,56,60)/b7-5-,13-11-,19-17-,22-21-,25-24-,31-29-. The van der Waals surface area contributed by atoms with Crippen molar-refractivity contribution >= 4 is 5.91 Å². The second-order valence-corrected chi connectivity index (χ2v) is 18.6. The Labute approximate surface area is 415 Å². The molecule has 1 amide bonds. The van der Waals surface area contributed by atoms with Crippen molar-refractivity contribution in [1.29, 1.82) is 0 Å². The predicted octanol–water partition coefficient (Wildman–Crippen LogP) is 7.60. The third kappa shape index (κ3) is 27.7. The topological polar surface area (TPSA) is 228 Å². The summed E-state index contributed by atoms with van der Waals surface area (Å²) in [5.74, 6) is -0.252. The molecule has 14 heteroatoms. The molecular formula is C55H95NO13. The van der Waals surface area contributed by atoms with Crippen molar-refractivity contribution in [2.75, 3.05) is 19.8 Å². The van der Waals surface area contributed by atoms with Crippen molar-refractivity contribution < 1.29 is 64.6 Å². The number of carbonyl (C=O) groups is 1. The van der Waals surface area contributed by atoms with Gasteiger partial charge in [-0.2, -0.15) is 0 Å². The molecule has 69 heavy (non-hydrogen) atoms. The van der Waals surface area contributed by atoms with E-state index in [-0.39, 0.29) is 18.9 Å². The zero-order valence-corrected chi connectivity index (χ0v) is 42.3. The van der Waals surface area contributed by atoms with Crippen molar-refractivity contribution in [1.82, 2.24) is 5.32 Å². The smallest absolute Gasteiger partial charge is 0.220 e. The van der Waals surface area contributed by atoms with Gasteiger partial charge in [0.05, 0.1) is 32.0 Å². The van der Waals surface area contributed by atoms with Crippen LogP contribution in [-0.2, 0) is 23.7 Å². The van der Waals surface area contributed by atoms with Gasteiger partial charge in [0.25, 0.3) is 0 Å². The van der Waals surface area contributed by atoms with Crippen LogP contribution in [0.25, 0.3) is 0 Å². The first kappa shape index (κ1) is 62.5. The first-order valence-electron chi connectivity index (χ1n) is 26.7. The van der Waals surface area contributed by atoms with Crippen LogP contribution in [0, 0.1) is 0 Å². The van der Waals surface area contributed by atoms with E-state index in [1.165, 1.54) is 64.2 Å². The molecule has 2 aliphatic rings. The highest BCUT2D eigenvalue weighted by molar-refractivity contribution is 5.76. The highest BCUT2D eigenvalue weighted by Crippen LogP contribution is 2.30. The molecule has 14 nitrogen and oxygen atoms in total. The fourth-order valence-electron chi connectivity index (χ4n) is 8.36. The van der Waals surface area contributed by atoms with Gasteiger partial charge in [-0.25, -0.2) is 0 Å². The Morgan fingerprint density at radius 1 is 0.536 bits per heavy atom. The number of nitrogens with one attached hydrogen (secondary N) is 1. The van der Waals surface area contributed by atoms with Gasteiger partial charge in [-0.05, 0) is 64.2 Å². The van der Waals surface area contributed by atoms with Gasteiger partial charge in [0, 0.05) is 6.42 Å². The summed E-state index contributed by atoms with van der Waals surface area (Å²) in [6.45, 7) is 2.69. The maximum Gasteiger partial charge on any atom is 0.220 e. The summed E-state index contributed by atoms with van der Waals surface area (Å²) < 4.78 is 22.7. The van der Waals surface area contributed by atoms with E-state index in [9.17, 15) is 45.6 Å². The molecule has 2 saturated heterocycles. The summed E-state index contributed by atoms with van der Waals surface area (Å²) in [5, 5.41) is 87.0. The van der Waals surface area contributed by atoms with E-state index in [4.69, 9.17) is 18.9 Å². The molecule has 2 rings (SSSR count). The highest BCUT2D eigenvalue weighted by atomic mass is 16.7. The SMILES string of the molecule is CC/C=C\C/C=C\C/C=C\C/C=C\C/C=C\C/C=C\CCCCC(=O)NC(COC1OC(CO)C(OC2OC(CO)C(O)C(O)C2O)C(O)C1O)C(O)CCCCCCCCCCCCCCCC. The van der Waals surface area contributed by atoms with Crippen LogP contribution >= 0.6 is 0 Å². The second kappa shape index (κ2) is 41.0. The zero-order valence-electron chi connectivity index (χ0n) is 42.3. The molecule has 0 aromatic carbocycles. The lowest BCUT2D eigenvalue weighted by Gasteiger charge is -2.46. The molecule has 0 spiro atoms. The lowest BCUT2D eigenvalue weighted by molar-refractivity contribution is -0.359. The maximum atomic E-state index is 13.2. The molecule has 398 valence electrons. The molecule has 0 bridgehead atoms. The number of rotatable bonds is 40. The van der Waals surface area contributed by atoms with Crippen molar-refractivity contribution in [3.63, 3.8) is 0 Å². The normalized spacial score (nSPS) is 26.8. The molecule has 12 unspecified atom stereocenters. The minimum Gasteiger partial charge on any atom is -0.394 e. The van der Waals surface area contributed by atoms with E-state index in [1.807, 2.05) is 0 Å². The lowest BCUT2D eigenvalue weighted by atomic mass is 9.97. The summed E-state index contributed by atoms with van der Waals surface area (Å²) in [6, 6.07) is -0.855. The largest absolute Gasteiger partial charge is 0.394 e. The average molecular weight is 978 g/mol. The number of amides is 1. The molecule has 2 aliphatic heterocycles. The minimum atomic E-state index is -1.79. The first-order chi connectivity index (χ1) is 33.6. The molecule has 2 heterocycles. The van der Waals surface area contributed by atoms with E-state index in [0.29, 0.717) is 12.8 Å². The average Bonchev–Trinajstić information content (AvgIpc) is 3.35. The molecule has 0 aliphatic carbocycles. The van der Waals surface area contributed by atoms with Crippen LogP contribution < -0.4 is 5.32 Å². The van der Waals surface area contributed by atoms with Gasteiger partial charge in [-0.3, -0.25) is 4.79 Å². The highest BCUT2D eigenvalue weighted by Gasteiger charge is 2.51. The van der Waals surface area contributed by atoms with Crippen LogP contribution in [-0.4, -0.2) is 140 Å². The van der Waals surface area contributed by atoms with Crippen LogP contribution in [0.5, 0.6) is 0 Å². The number of ether oxygens (including phenoxy) is 4. The third-order valence-corrected chi connectivity index (χ3v) is 12.7. The Morgan fingerprint density at radius 2 is 1.00 bits per heavy atom. The van der Waals surface area contributed by atoms with E-state index < -0.39 is 86.8 Å². The van der Waals surface area contributed by atoms with Crippen molar-refractivity contribution in [3.8, 4) is 0 Å². The Balaban J connectivity index is 1.83. The molecular weight excluding hydrogens is 883 g/mol. The van der Waals surface area contributed by atoms with E-state index in [0.717, 1.165) is 77.0 Å². The van der Waals surface area contributed by atoms with E-state index >= 15 is 0 Å². The third-order valence-electron chi connectivity index (χ3n) is 12.7. The second-order valence-electron chi connectivity index (χ2n) is 18.6. The Hall–Kier alpha value is -2.57. The number of unbranched alkanes of at least 4 members (excludes halogenated alkanes) is 15. The van der Waals surface area contributed by atoms with Gasteiger partial charge in [-0.15, -0.1) is 0 Å². The maximum absolute atomic E-state index is 13.2. The monoisotopic (exact) mass is 978 g/mol. The van der Waals surface area contributed by atoms with Gasteiger partial charge < -0.3 is 65.1 Å². The summed E-state index contributed by atoms with van der Waals surface area (Å²) in [6.07, 6.45) is 34.7. The molecule has 0 saturated carbocycles. The van der Waals surface area contributed by atoms with Gasteiger partial charge in [0.1, 0.15) is 48.8 Å². The van der Waals surface area contributed by atoms with Gasteiger partial charge in [-0.1, -0.05) is 177 Å². The summed E-state index contributed by atoms with van der Waals surface area (Å²) in [4.78, 5) is 13.2. The summed E-state index contributed by atoms with van der Waals surface area (Å²) in [7, 11) is 0. The van der Waals surface area contributed by atoms with Crippen LogP contribution in [0.3, 0.4) is 0 Å². The fraction of sp³-hybridized carbons (Fsp3) is 0.764. The number of hydrogen-bond donors (Lipinski definition) is 9. The van der Waals surface area contributed by atoms with Crippen molar-refractivity contribution in [3.05, 3.63) is 72.9 Å².